The number of amides is 2. The molecule has 0 bridgehead atoms. The minimum absolute atomic E-state index is 0.0446. The van der Waals surface area contributed by atoms with Crippen molar-refractivity contribution in [1.29, 1.82) is 0 Å². The molecule has 0 radical (unpaired) electrons. The van der Waals surface area contributed by atoms with Crippen LogP contribution in [0.3, 0.4) is 0 Å². The highest BCUT2D eigenvalue weighted by molar-refractivity contribution is 7.89. The number of hydrogen-bond acceptors (Lipinski definition) is 6. The zero-order valence-corrected chi connectivity index (χ0v) is 17.8. The van der Waals surface area contributed by atoms with Crippen LogP contribution >= 0.6 is 0 Å². The topological polar surface area (TPSA) is 106 Å². The summed E-state index contributed by atoms with van der Waals surface area (Å²) in [7, 11) is -1.92. The fourth-order valence-electron chi connectivity index (χ4n) is 3.46. The Morgan fingerprint density at radius 1 is 1.17 bits per heavy atom. The number of ether oxygens (including phenoxy) is 2. The second-order valence-electron chi connectivity index (χ2n) is 7.33. The van der Waals surface area contributed by atoms with Gasteiger partial charge in [-0.25, -0.2) is 18.2 Å². The number of hydrogen-bond donors (Lipinski definition) is 1. The van der Waals surface area contributed by atoms with Crippen LogP contribution in [0.4, 0.5) is 4.79 Å². The van der Waals surface area contributed by atoms with Crippen LogP contribution in [0.1, 0.15) is 17.8 Å². The lowest BCUT2D eigenvalue weighted by atomic mass is 10.2. The second-order valence-corrected chi connectivity index (χ2v) is 9.21. The maximum atomic E-state index is 12.9. The van der Waals surface area contributed by atoms with Gasteiger partial charge in [0, 0.05) is 46.0 Å². The van der Waals surface area contributed by atoms with Gasteiger partial charge >= 0.3 is 6.03 Å². The van der Waals surface area contributed by atoms with E-state index in [9.17, 15) is 13.2 Å². The molecule has 2 amide bonds. The van der Waals surface area contributed by atoms with Crippen LogP contribution in [0.2, 0.25) is 0 Å². The lowest BCUT2D eigenvalue weighted by molar-refractivity contribution is 0.174. The molecule has 3 heterocycles. The maximum absolute atomic E-state index is 12.9. The van der Waals surface area contributed by atoms with Gasteiger partial charge in [-0.2, -0.15) is 4.31 Å². The van der Waals surface area contributed by atoms with Crippen molar-refractivity contribution in [2.24, 2.45) is 7.05 Å². The monoisotopic (exact) mass is 435 g/mol. The molecule has 4 rings (SSSR count). The smallest absolute Gasteiger partial charge is 0.317 e. The van der Waals surface area contributed by atoms with Crippen molar-refractivity contribution in [3.05, 3.63) is 35.8 Å². The molecule has 11 heteroatoms. The Morgan fingerprint density at radius 2 is 1.97 bits per heavy atom. The molecule has 0 aliphatic carbocycles. The zero-order chi connectivity index (χ0) is 21.3. The number of benzene rings is 1. The fraction of sp³-hybridized carbons (Fsp3) is 0.474. The molecule has 10 nitrogen and oxygen atoms in total. The number of fused-ring (bicyclic) bond motifs is 1. The van der Waals surface area contributed by atoms with E-state index in [-0.39, 0.29) is 24.4 Å². The number of nitrogens with zero attached hydrogens (tertiary/aromatic N) is 4. The number of carbonyl (C=O) groups is 1. The van der Waals surface area contributed by atoms with E-state index in [1.807, 2.05) is 18.2 Å². The van der Waals surface area contributed by atoms with E-state index in [0.717, 1.165) is 5.56 Å². The second kappa shape index (κ2) is 8.15. The quantitative estimate of drug-likeness (QED) is 0.770. The van der Waals surface area contributed by atoms with Crippen LogP contribution < -0.4 is 14.8 Å². The average molecular weight is 436 g/mol. The highest BCUT2D eigenvalue weighted by atomic mass is 32.2. The molecule has 1 fully saturated rings. The Bertz CT molecular complexity index is 1030. The number of carbonyl (C=O) groups excluding carboxylic acids is 1. The maximum Gasteiger partial charge on any atom is 0.317 e. The number of rotatable bonds is 4. The van der Waals surface area contributed by atoms with Gasteiger partial charge in [0.05, 0.1) is 0 Å². The molecule has 0 spiro atoms. The van der Waals surface area contributed by atoms with E-state index in [2.05, 4.69) is 10.3 Å². The minimum atomic E-state index is -3.68. The molecule has 1 aromatic heterocycles. The third-order valence-electron chi connectivity index (χ3n) is 5.31. The summed E-state index contributed by atoms with van der Waals surface area (Å²) in [4.78, 5) is 18.4. The van der Waals surface area contributed by atoms with E-state index < -0.39 is 10.0 Å². The van der Waals surface area contributed by atoms with E-state index in [0.29, 0.717) is 49.9 Å². The van der Waals surface area contributed by atoms with Crippen molar-refractivity contribution >= 4 is 16.1 Å². The van der Waals surface area contributed by atoms with Crippen molar-refractivity contribution in [2.45, 2.75) is 24.9 Å². The minimum Gasteiger partial charge on any atom is -0.454 e. The first-order valence-corrected chi connectivity index (χ1v) is 11.2. The molecule has 30 heavy (non-hydrogen) atoms. The van der Waals surface area contributed by atoms with Gasteiger partial charge < -0.3 is 24.3 Å². The van der Waals surface area contributed by atoms with Crippen LogP contribution in [0.25, 0.3) is 0 Å². The molecule has 2 aliphatic rings. The van der Waals surface area contributed by atoms with E-state index in [4.69, 9.17) is 9.47 Å². The average Bonchev–Trinajstić information content (AvgIpc) is 3.23. The van der Waals surface area contributed by atoms with Gasteiger partial charge in [-0.1, -0.05) is 6.07 Å². The van der Waals surface area contributed by atoms with Gasteiger partial charge in [-0.05, 0) is 31.0 Å². The predicted octanol–water partition coefficient (Wildman–Crippen LogP) is 1.06. The zero-order valence-electron chi connectivity index (χ0n) is 17.0. The van der Waals surface area contributed by atoms with E-state index >= 15 is 0 Å². The van der Waals surface area contributed by atoms with Crippen molar-refractivity contribution < 1.29 is 22.7 Å². The summed E-state index contributed by atoms with van der Waals surface area (Å²) in [6, 6.07) is 5.31. The number of aryl methyl sites for hydroxylation is 2. The summed E-state index contributed by atoms with van der Waals surface area (Å²) in [6.07, 6.45) is 2.08. The molecule has 0 atom stereocenters. The van der Waals surface area contributed by atoms with Gasteiger partial charge in [0.25, 0.3) is 10.0 Å². The number of urea groups is 1. The molecule has 1 N–H and O–H groups in total. The van der Waals surface area contributed by atoms with Crippen molar-refractivity contribution in [1.82, 2.24) is 24.1 Å². The van der Waals surface area contributed by atoms with Crippen LogP contribution in [-0.2, 0) is 23.6 Å². The van der Waals surface area contributed by atoms with Crippen molar-refractivity contribution in [3.8, 4) is 11.5 Å². The first kappa shape index (κ1) is 20.5. The number of aromatic nitrogens is 2. The Kier molecular flexibility index (Phi) is 5.56. The third-order valence-corrected chi connectivity index (χ3v) is 7.08. The van der Waals surface area contributed by atoms with Crippen LogP contribution in [0, 0.1) is 6.92 Å². The van der Waals surface area contributed by atoms with Gasteiger partial charge in [-0.3, -0.25) is 0 Å². The Balaban J connectivity index is 1.35. The summed E-state index contributed by atoms with van der Waals surface area (Å²) >= 11 is 0. The summed E-state index contributed by atoms with van der Waals surface area (Å²) in [5.41, 5.74) is 0.900. The lowest BCUT2D eigenvalue weighted by Crippen LogP contribution is -2.42. The number of imidazole rings is 1. The first-order chi connectivity index (χ1) is 14.3. The Hall–Kier alpha value is -2.79. The van der Waals surface area contributed by atoms with Crippen molar-refractivity contribution in [3.63, 3.8) is 0 Å². The molecular weight excluding hydrogens is 410 g/mol. The number of nitrogens with one attached hydrogen (secondary N) is 1. The van der Waals surface area contributed by atoms with Gasteiger partial charge in [0.2, 0.25) is 6.79 Å². The summed E-state index contributed by atoms with van der Waals surface area (Å²) in [5.74, 6) is 2.00. The molecule has 0 unspecified atom stereocenters. The van der Waals surface area contributed by atoms with Crippen LogP contribution in [-0.4, -0.2) is 66.2 Å². The van der Waals surface area contributed by atoms with E-state index in [1.165, 1.54) is 10.5 Å². The van der Waals surface area contributed by atoms with Gasteiger partial charge in [0.15, 0.2) is 16.5 Å². The molecule has 2 aliphatic heterocycles. The lowest BCUT2D eigenvalue weighted by Gasteiger charge is -2.22. The van der Waals surface area contributed by atoms with Crippen molar-refractivity contribution in [2.75, 3.05) is 33.0 Å². The molecular formula is C19H25N5O5S. The summed E-state index contributed by atoms with van der Waals surface area (Å²) in [6.45, 7) is 3.70. The number of sulfonamides is 1. The van der Waals surface area contributed by atoms with Gasteiger partial charge in [0.1, 0.15) is 5.82 Å². The fourth-order valence-corrected chi connectivity index (χ4v) is 4.96. The highest BCUT2D eigenvalue weighted by Crippen LogP contribution is 2.32. The van der Waals surface area contributed by atoms with Gasteiger partial charge in [-0.15, -0.1) is 0 Å². The highest BCUT2D eigenvalue weighted by Gasteiger charge is 2.30. The van der Waals surface area contributed by atoms with E-state index in [1.54, 1.807) is 23.4 Å². The predicted molar refractivity (Wildman–Crippen MR) is 108 cm³/mol. The third kappa shape index (κ3) is 4.08. The van der Waals surface area contributed by atoms with Crippen LogP contribution in [0.5, 0.6) is 11.5 Å². The molecule has 1 aromatic carbocycles. The molecule has 162 valence electrons. The molecule has 1 saturated heterocycles. The normalized spacial score (nSPS) is 17.1. The molecule has 0 saturated carbocycles. The summed E-state index contributed by atoms with van der Waals surface area (Å²) in [5, 5.41) is 2.94. The Morgan fingerprint density at radius 3 is 2.73 bits per heavy atom. The summed E-state index contributed by atoms with van der Waals surface area (Å²) < 4.78 is 39.5. The first-order valence-electron chi connectivity index (χ1n) is 9.76. The molecule has 2 aromatic rings. The largest absolute Gasteiger partial charge is 0.454 e. The Labute approximate surface area is 175 Å². The SMILES string of the molecule is Cc1nc(S(=O)(=O)N2CCCN(C(=O)NCc3ccc4c(c3)OCO4)CC2)cn1C. The standard InChI is InChI=1S/C19H25N5O5S/c1-14-21-18(12-22(14)2)30(26,27)24-7-3-6-23(8-9-24)19(25)20-11-15-4-5-16-17(10-15)29-13-28-16/h4-5,10,12H,3,6-9,11,13H2,1-2H3,(H,20,25). The van der Waals surface area contributed by atoms with Crippen LogP contribution in [0.15, 0.2) is 29.4 Å².